The van der Waals surface area contributed by atoms with Crippen molar-refractivity contribution in [2.75, 3.05) is 6.61 Å². The van der Waals surface area contributed by atoms with Crippen LogP contribution >= 0.6 is 0 Å². The smallest absolute Gasteiger partial charge is 0.350 e. The second-order valence-corrected chi connectivity index (χ2v) is 3.75. The van der Waals surface area contributed by atoms with Gasteiger partial charge in [0.25, 0.3) is 11.5 Å². The number of ether oxygens (including phenoxy) is 1. The topological polar surface area (TPSA) is 113 Å². The lowest BCUT2D eigenvalue weighted by Gasteiger charge is -2.07. The third-order valence-electron chi connectivity index (χ3n) is 2.26. The molecule has 0 radical (unpaired) electrons. The van der Waals surface area contributed by atoms with E-state index in [1.54, 1.807) is 25.1 Å². The van der Waals surface area contributed by atoms with Crippen LogP contribution in [0, 0.1) is 11.3 Å². The summed E-state index contributed by atoms with van der Waals surface area (Å²) in [6, 6.07) is 6.15. The van der Waals surface area contributed by atoms with Gasteiger partial charge < -0.3 is 14.7 Å². The summed E-state index contributed by atoms with van der Waals surface area (Å²) in [5, 5.41) is 8.74. The molecule has 0 saturated carbocycles. The maximum Gasteiger partial charge on any atom is 0.350 e. The highest BCUT2D eigenvalue weighted by atomic mass is 16.5. The molecule has 0 atom stereocenters. The van der Waals surface area contributed by atoms with E-state index in [9.17, 15) is 14.4 Å². The fourth-order valence-electron chi connectivity index (χ4n) is 1.32. The van der Waals surface area contributed by atoms with Gasteiger partial charge in [0.2, 0.25) is 0 Å². The number of amides is 1. The van der Waals surface area contributed by atoms with E-state index in [2.05, 4.69) is 15.6 Å². The van der Waals surface area contributed by atoms with Crippen molar-refractivity contribution in [2.45, 2.75) is 13.5 Å². The molecule has 110 valence electrons. The Hall–Kier alpha value is -3.08. The van der Waals surface area contributed by atoms with E-state index in [0.29, 0.717) is 0 Å². The van der Waals surface area contributed by atoms with Crippen molar-refractivity contribution >= 4 is 11.9 Å². The number of hydrogen-bond donors (Lipinski definition) is 2. The van der Waals surface area contributed by atoms with E-state index in [4.69, 9.17) is 5.26 Å². The second kappa shape index (κ2) is 8.16. The Kier molecular flexibility index (Phi) is 6.21. The minimum atomic E-state index is -0.791. The molecule has 1 amide bonds. The summed E-state index contributed by atoms with van der Waals surface area (Å²) in [4.78, 5) is 34.2. The summed E-state index contributed by atoms with van der Waals surface area (Å²) in [7, 11) is 0. The van der Waals surface area contributed by atoms with Gasteiger partial charge in [-0.15, -0.1) is 0 Å². The van der Waals surface area contributed by atoms with Crippen LogP contribution in [-0.4, -0.2) is 23.1 Å². The van der Waals surface area contributed by atoms with Crippen molar-refractivity contribution in [1.82, 2.24) is 15.4 Å². The molecule has 1 aromatic rings. The van der Waals surface area contributed by atoms with Crippen molar-refractivity contribution in [2.24, 2.45) is 0 Å². The summed E-state index contributed by atoms with van der Waals surface area (Å²) >= 11 is 0. The van der Waals surface area contributed by atoms with Crippen LogP contribution in [-0.2, 0) is 20.9 Å². The van der Waals surface area contributed by atoms with E-state index in [1.165, 1.54) is 16.8 Å². The minimum absolute atomic E-state index is 0.140. The predicted molar refractivity (Wildman–Crippen MR) is 72.3 cm³/mol. The fraction of sp³-hybridized carbons (Fsp3) is 0.231. The Morgan fingerprint density at radius 2 is 2.24 bits per heavy atom. The van der Waals surface area contributed by atoms with Gasteiger partial charge in [0.1, 0.15) is 12.6 Å². The van der Waals surface area contributed by atoms with Crippen LogP contribution in [0.15, 0.2) is 41.0 Å². The maximum absolute atomic E-state index is 11.6. The average molecular weight is 290 g/mol. The lowest BCUT2D eigenvalue weighted by Crippen LogP contribution is -2.38. The molecule has 8 nitrogen and oxygen atoms in total. The van der Waals surface area contributed by atoms with Gasteiger partial charge in [0.05, 0.1) is 6.61 Å². The summed E-state index contributed by atoms with van der Waals surface area (Å²) in [6.45, 7) is 1.56. The molecule has 8 heteroatoms. The highest BCUT2D eigenvalue weighted by molar-refractivity contribution is 5.92. The van der Waals surface area contributed by atoms with Crippen LogP contribution in [0.2, 0.25) is 0 Å². The zero-order chi connectivity index (χ0) is 15.7. The molecule has 1 rings (SSSR count). The molecular formula is C13H14N4O4. The van der Waals surface area contributed by atoms with Gasteiger partial charge in [-0.25, -0.2) is 4.79 Å². The number of rotatable bonds is 6. The highest BCUT2D eigenvalue weighted by Gasteiger charge is 2.09. The first-order chi connectivity index (χ1) is 10.1. The van der Waals surface area contributed by atoms with E-state index in [1.807, 2.05) is 0 Å². The molecule has 0 aliphatic rings. The third-order valence-corrected chi connectivity index (χ3v) is 2.26. The number of hydrazine groups is 1. The molecule has 0 unspecified atom stereocenters. The molecule has 0 bridgehead atoms. The molecule has 0 fully saturated rings. The molecule has 0 aromatic carbocycles. The first-order valence-corrected chi connectivity index (χ1v) is 6.05. The molecule has 2 N–H and O–H groups in total. The van der Waals surface area contributed by atoms with Crippen molar-refractivity contribution in [3.05, 3.63) is 46.5 Å². The fourth-order valence-corrected chi connectivity index (χ4v) is 1.32. The average Bonchev–Trinajstić information content (AvgIpc) is 2.46. The molecule has 0 spiro atoms. The summed E-state index contributed by atoms with van der Waals surface area (Å²) in [6.07, 6.45) is 2.49. The normalized spacial score (nSPS) is 10.4. The summed E-state index contributed by atoms with van der Waals surface area (Å²) < 4.78 is 5.84. The van der Waals surface area contributed by atoms with Gasteiger partial charge in [0.15, 0.2) is 5.57 Å². The van der Waals surface area contributed by atoms with E-state index < -0.39 is 11.9 Å². The van der Waals surface area contributed by atoms with Crippen LogP contribution in [0.4, 0.5) is 0 Å². The van der Waals surface area contributed by atoms with Crippen LogP contribution in [0.25, 0.3) is 0 Å². The van der Waals surface area contributed by atoms with Crippen LogP contribution in [0.3, 0.4) is 0 Å². The molecule has 21 heavy (non-hydrogen) atoms. The van der Waals surface area contributed by atoms with Crippen molar-refractivity contribution in [1.29, 1.82) is 5.26 Å². The van der Waals surface area contributed by atoms with E-state index in [0.717, 1.165) is 6.20 Å². The zero-order valence-electron chi connectivity index (χ0n) is 11.3. The van der Waals surface area contributed by atoms with Gasteiger partial charge in [0, 0.05) is 18.5 Å². The molecule has 0 saturated heterocycles. The Labute approximate surface area is 120 Å². The van der Waals surface area contributed by atoms with E-state index in [-0.39, 0.29) is 24.3 Å². The number of aromatic nitrogens is 1. The quantitative estimate of drug-likeness (QED) is 0.314. The van der Waals surface area contributed by atoms with Crippen LogP contribution in [0.5, 0.6) is 0 Å². The van der Waals surface area contributed by atoms with Crippen molar-refractivity contribution in [3.63, 3.8) is 0 Å². The molecule has 1 aromatic heterocycles. The van der Waals surface area contributed by atoms with Gasteiger partial charge in [-0.2, -0.15) is 5.26 Å². The molecule has 1 heterocycles. The number of hydrogen-bond acceptors (Lipinski definition) is 6. The van der Waals surface area contributed by atoms with Gasteiger partial charge in [-0.05, 0) is 13.0 Å². The molecular weight excluding hydrogens is 276 g/mol. The minimum Gasteiger partial charge on any atom is -0.462 e. The van der Waals surface area contributed by atoms with Gasteiger partial charge in [-0.1, -0.05) is 6.07 Å². The monoisotopic (exact) mass is 290 g/mol. The lowest BCUT2D eigenvalue weighted by molar-refractivity contribution is -0.138. The number of carbonyl (C=O) groups excluding carboxylic acids is 2. The number of nitrogens with zero attached hydrogens (tertiary/aromatic N) is 2. The largest absolute Gasteiger partial charge is 0.462 e. The van der Waals surface area contributed by atoms with Crippen molar-refractivity contribution in [3.8, 4) is 6.07 Å². The first-order valence-electron chi connectivity index (χ1n) is 6.05. The highest BCUT2D eigenvalue weighted by Crippen LogP contribution is 1.94. The number of esters is 1. The number of pyridine rings is 1. The van der Waals surface area contributed by atoms with E-state index >= 15 is 0 Å². The zero-order valence-corrected chi connectivity index (χ0v) is 11.3. The Morgan fingerprint density at radius 1 is 1.48 bits per heavy atom. The molecule has 0 aliphatic carbocycles. The Bertz CT molecular complexity index is 642. The predicted octanol–water partition coefficient (Wildman–Crippen LogP) is -0.560. The van der Waals surface area contributed by atoms with Gasteiger partial charge >= 0.3 is 5.97 Å². The number of nitriles is 1. The number of carbonyl (C=O) groups is 2. The van der Waals surface area contributed by atoms with Crippen LogP contribution in [0.1, 0.15) is 6.92 Å². The van der Waals surface area contributed by atoms with Crippen LogP contribution < -0.4 is 16.4 Å². The first kappa shape index (κ1) is 16.0. The second-order valence-electron chi connectivity index (χ2n) is 3.75. The third kappa shape index (κ3) is 5.20. The number of nitrogens with one attached hydrogen (secondary N) is 2. The van der Waals surface area contributed by atoms with Crippen molar-refractivity contribution < 1.29 is 14.3 Å². The SMILES string of the molecule is CCOC(=O)/C(C#N)=C/NNC(=O)Cn1ccccc1=O. The maximum atomic E-state index is 11.6. The Balaban J connectivity index is 2.54. The summed E-state index contributed by atoms with van der Waals surface area (Å²) in [5.74, 6) is -1.30. The standard InChI is InChI=1S/C13H14N4O4/c1-2-21-13(20)10(7-14)8-15-16-11(18)9-17-6-4-3-5-12(17)19/h3-6,8,15H,2,9H2,1H3,(H,16,18)/b10-8+. The molecule has 0 aliphatic heterocycles. The lowest BCUT2D eigenvalue weighted by atomic mass is 10.3. The summed E-state index contributed by atoms with van der Waals surface area (Å²) in [5.41, 5.74) is 3.96. The van der Waals surface area contributed by atoms with Gasteiger partial charge in [-0.3, -0.25) is 15.0 Å². The Morgan fingerprint density at radius 3 is 2.86 bits per heavy atom.